The lowest BCUT2D eigenvalue weighted by Gasteiger charge is -2.23. The van der Waals surface area contributed by atoms with E-state index in [0.29, 0.717) is 29.2 Å². The van der Waals surface area contributed by atoms with E-state index in [1.54, 1.807) is 16.2 Å². The van der Waals surface area contributed by atoms with E-state index in [2.05, 4.69) is 45.3 Å². The van der Waals surface area contributed by atoms with Crippen LogP contribution in [0.5, 0.6) is 0 Å². The van der Waals surface area contributed by atoms with Crippen LogP contribution in [0.1, 0.15) is 43.8 Å². The SMILES string of the molecule is CC(C(=O)N(C)CCCC1CC(c2ccccc2)NN1)n1c(-c2cccs2)n[nH]c1=S. The van der Waals surface area contributed by atoms with Crippen LogP contribution in [0.2, 0.25) is 0 Å². The predicted octanol–water partition coefficient (Wildman–Crippen LogP) is 4.08. The molecule has 1 fully saturated rings. The minimum absolute atomic E-state index is 0.0370. The number of aromatic amines is 1. The Hall–Kier alpha value is -2.33. The zero-order valence-corrected chi connectivity index (χ0v) is 19.4. The average molecular weight is 457 g/mol. The number of hydrazine groups is 1. The largest absolute Gasteiger partial charge is 0.344 e. The van der Waals surface area contributed by atoms with Gasteiger partial charge in [0.05, 0.1) is 4.88 Å². The van der Waals surface area contributed by atoms with E-state index < -0.39 is 6.04 Å². The van der Waals surface area contributed by atoms with Gasteiger partial charge in [0.25, 0.3) is 0 Å². The number of aromatic nitrogens is 3. The van der Waals surface area contributed by atoms with Gasteiger partial charge >= 0.3 is 0 Å². The maximum atomic E-state index is 13.1. The fourth-order valence-electron chi connectivity index (χ4n) is 4.07. The van der Waals surface area contributed by atoms with Crippen LogP contribution >= 0.6 is 23.6 Å². The van der Waals surface area contributed by atoms with E-state index in [1.165, 1.54) is 5.56 Å². The molecule has 0 radical (unpaired) electrons. The number of thiophene rings is 1. The quantitative estimate of drug-likeness (QED) is 0.445. The standard InChI is InChI=1S/C22H28N6OS2/c1-15(28-20(25-26-22(28)30)19-11-7-13-31-19)21(29)27(2)12-6-10-17-14-18(24-23-17)16-8-4-3-5-9-16/h3-5,7-9,11,13,15,17-18,23-24H,6,10,12,14H2,1-2H3,(H,26,30). The molecule has 0 saturated carbocycles. The van der Waals surface area contributed by atoms with Crippen molar-refractivity contribution in [1.82, 2.24) is 30.5 Å². The van der Waals surface area contributed by atoms with Crippen LogP contribution in [0.25, 0.3) is 10.7 Å². The molecule has 3 atom stereocenters. The van der Waals surface area contributed by atoms with E-state index in [1.807, 2.05) is 42.1 Å². The summed E-state index contributed by atoms with van der Waals surface area (Å²) < 4.78 is 2.28. The maximum absolute atomic E-state index is 13.1. The summed E-state index contributed by atoms with van der Waals surface area (Å²) in [5.41, 5.74) is 8.10. The molecule has 0 bridgehead atoms. The number of likely N-dealkylation sites (N-methyl/N-ethyl adjacent to an activating group) is 1. The Morgan fingerprint density at radius 3 is 2.84 bits per heavy atom. The third kappa shape index (κ3) is 4.95. The second-order valence-electron chi connectivity index (χ2n) is 7.96. The molecule has 164 valence electrons. The molecule has 2 aromatic heterocycles. The Morgan fingerprint density at radius 2 is 2.10 bits per heavy atom. The molecule has 3 heterocycles. The summed E-state index contributed by atoms with van der Waals surface area (Å²) >= 11 is 6.98. The normalized spacial score (nSPS) is 19.4. The van der Waals surface area contributed by atoms with Crippen molar-refractivity contribution in [3.05, 3.63) is 58.2 Å². The summed E-state index contributed by atoms with van der Waals surface area (Å²) in [6.07, 6.45) is 2.99. The molecule has 1 amide bonds. The molecule has 3 aromatic rings. The summed E-state index contributed by atoms with van der Waals surface area (Å²) in [6, 6.07) is 14.8. The van der Waals surface area contributed by atoms with Gasteiger partial charge in [0.1, 0.15) is 6.04 Å². The molecule has 1 saturated heterocycles. The number of amides is 1. The first-order valence-corrected chi connectivity index (χ1v) is 11.8. The van der Waals surface area contributed by atoms with Crippen molar-refractivity contribution < 1.29 is 4.79 Å². The van der Waals surface area contributed by atoms with Crippen LogP contribution in [0.4, 0.5) is 0 Å². The van der Waals surface area contributed by atoms with Crippen LogP contribution in [-0.4, -0.2) is 45.2 Å². The number of rotatable bonds is 8. The molecule has 7 nitrogen and oxygen atoms in total. The molecular formula is C22H28N6OS2. The second kappa shape index (κ2) is 9.86. The molecule has 31 heavy (non-hydrogen) atoms. The monoisotopic (exact) mass is 456 g/mol. The number of hydrogen-bond acceptors (Lipinski definition) is 6. The van der Waals surface area contributed by atoms with Gasteiger partial charge in [-0.15, -0.1) is 11.3 Å². The third-order valence-corrected chi connectivity index (χ3v) is 6.95. The Balaban J connectivity index is 1.30. The third-order valence-electron chi connectivity index (χ3n) is 5.80. The number of benzene rings is 1. The van der Waals surface area contributed by atoms with Crippen molar-refractivity contribution in [3.63, 3.8) is 0 Å². The van der Waals surface area contributed by atoms with Crippen molar-refractivity contribution in [1.29, 1.82) is 0 Å². The lowest BCUT2D eigenvalue weighted by Crippen LogP contribution is -2.35. The second-order valence-corrected chi connectivity index (χ2v) is 9.30. The molecule has 4 rings (SSSR count). The summed E-state index contributed by atoms with van der Waals surface area (Å²) in [7, 11) is 1.86. The van der Waals surface area contributed by atoms with Crippen molar-refractivity contribution in [3.8, 4) is 10.7 Å². The molecule has 1 aliphatic rings. The topological polar surface area (TPSA) is 78.0 Å². The molecule has 3 N–H and O–H groups in total. The van der Waals surface area contributed by atoms with Gasteiger partial charge in [-0.1, -0.05) is 36.4 Å². The zero-order valence-electron chi connectivity index (χ0n) is 17.7. The highest BCUT2D eigenvalue weighted by atomic mass is 32.1. The smallest absolute Gasteiger partial charge is 0.245 e. The van der Waals surface area contributed by atoms with Gasteiger partial charge in [-0.3, -0.25) is 25.3 Å². The number of hydrogen-bond donors (Lipinski definition) is 3. The van der Waals surface area contributed by atoms with Gasteiger partial charge in [0.15, 0.2) is 10.6 Å². The summed E-state index contributed by atoms with van der Waals surface area (Å²) in [4.78, 5) is 15.9. The van der Waals surface area contributed by atoms with E-state index in [4.69, 9.17) is 12.2 Å². The van der Waals surface area contributed by atoms with E-state index in [0.717, 1.165) is 24.1 Å². The number of nitrogens with zero attached hydrogens (tertiary/aromatic N) is 3. The van der Waals surface area contributed by atoms with Gasteiger partial charge in [-0.05, 0) is 55.4 Å². The fraction of sp³-hybridized carbons (Fsp3) is 0.409. The van der Waals surface area contributed by atoms with Gasteiger partial charge < -0.3 is 4.90 Å². The summed E-state index contributed by atoms with van der Waals surface area (Å²) in [6.45, 7) is 2.59. The lowest BCUT2D eigenvalue weighted by atomic mass is 10.00. The molecule has 1 aliphatic heterocycles. The average Bonchev–Trinajstić information content (AvgIpc) is 3.54. The van der Waals surface area contributed by atoms with Gasteiger partial charge in [0, 0.05) is 25.7 Å². The Bertz CT molecular complexity index is 1050. The maximum Gasteiger partial charge on any atom is 0.245 e. The first kappa shape index (κ1) is 21.9. The highest BCUT2D eigenvalue weighted by Crippen LogP contribution is 2.27. The Morgan fingerprint density at radius 1 is 1.29 bits per heavy atom. The van der Waals surface area contributed by atoms with Crippen LogP contribution in [0, 0.1) is 4.77 Å². The molecular weight excluding hydrogens is 428 g/mol. The first-order chi connectivity index (χ1) is 15.0. The summed E-state index contributed by atoms with van der Waals surface area (Å²) in [5, 5.41) is 9.16. The summed E-state index contributed by atoms with van der Waals surface area (Å²) in [5.74, 6) is 0.748. The van der Waals surface area contributed by atoms with Gasteiger partial charge in [0.2, 0.25) is 5.91 Å². The zero-order chi connectivity index (χ0) is 21.8. The minimum atomic E-state index is -0.415. The number of H-pyrrole nitrogens is 1. The highest BCUT2D eigenvalue weighted by molar-refractivity contribution is 7.71. The van der Waals surface area contributed by atoms with E-state index in [9.17, 15) is 4.79 Å². The first-order valence-electron chi connectivity index (χ1n) is 10.6. The van der Waals surface area contributed by atoms with E-state index in [-0.39, 0.29) is 5.91 Å². The Kier molecular flexibility index (Phi) is 6.96. The van der Waals surface area contributed by atoms with E-state index >= 15 is 0 Å². The van der Waals surface area contributed by atoms with Crippen molar-refractivity contribution in [2.45, 2.75) is 44.3 Å². The highest BCUT2D eigenvalue weighted by Gasteiger charge is 2.26. The fourth-order valence-corrected chi connectivity index (χ4v) is 5.07. The van der Waals surface area contributed by atoms with Crippen molar-refractivity contribution in [2.24, 2.45) is 0 Å². The number of carbonyl (C=O) groups is 1. The van der Waals surface area contributed by atoms with Crippen molar-refractivity contribution in [2.75, 3.05) is 13.6 Å². The van der Waals surface area contributed by atoms with Crippen LogP contribution in [-0.2, 0) is 4.79 Å². The van der Waals surface area contributed by atoms with Gasteiger partial charge in [-0.25, -0.2) is 0 Å². The minimum Gasteiger partial charge on any atom is -0.344 e. The molecule has 0 aliphatic carbocycles. The molecule has 9 heteroatoms. The lowest BCUT2D eigenvalue weighted by molar-refractivity contribution is -0.133. The number of carbonyl (C=O) groups excluding carboxylic acids is 1. The van der Waals surface area contributed by atoms with Crippen molar-refractivity contribution >= 4 is 29.5 Å². The molecule has 3 unspecified atom stereocenters. The van der Waals surface area contributed by atoms with Gasteiger partial charge in [-0.2, -0.15) is 5.10 Å². The molecule has 0 spiro atoms. The number of nitrogens with one attached hydrogen (secondary N) is 3. The van der Waals surface area contributed by atoms with Crippen LogP contribution < -0.4 is 10.9 Å². The van der Waals surface area contributed by atoms with Crippen LogP contribution in [0.15, 0.2) is 47.8 Å². The Labute approximate surface area is 191 Å². The van der Waals surface area contributed by atoms with Crippen LogP contribution in [0.3, 0.4) is 0 Å². The molecule has 1 aromatic carbocycles. The predicted molar refractivity (Wildman–Crippen MR) is 126 cm³/mol.